The average Bonchev–Trinajstić information content (AvgIpc) is 2.95. The molecule has 0 bridgehead atoms. The Bertz CT molecular complexity index is 938. The Morgan fingerprint density at radius 3 is 2.71 bits per heavy atom. The van der Waals surface area contributed by atoms with E-state index in [1.54, 1.807) is 6.20 Å². The van der Waals surface area contributed by atoms with Crippen LogP contribution < -0.4 is 10.6 Å². The van der Waals surface area contributed by atoms with Gasteiger partial charge in [0.25, 0.3) is 0 Å². The molecule has 5 nitrogen and oxygen atoms in total. The fourth-order valence-electron chi connectivity index (χ4n) is 3.92. The van der Waals surface area contributed by atoms with E-state index in [0.717, 1.165) is 41.3 Å². The largest absolute Gasteiger partial charge is 0.356 e. The second-order valence-corrected chi connectivity index (χ2v) is 7.22. The Hall–Kier alpha value is -2.11. The van der Waals surface area contributed by atoms with Crippen molar-refractivity contribution in [2.45, 2.75) is 6.04 Å². The maximum absolute atomic E-state index is 6.44. The SMILES string of the molecule is Cn1c(-c2cc(N3CC4C(N)C4C3)ncc2Cl)nc2ccccc21. The van der Waals surface area contributed by atoms with Gasteiger partial charge in [-0.2, -0.15) is 0 Å². The molecule has 1 saturated heterocycles. The van der Waals surface area contributed by atoms with Crippen molar-refractivity contribution in [2.75, 3.05) is 18.0 Å². The molecule has 5 rings (SSSR count). The van der Waals surface area contributed by atoms with Crippen LogP contribution in [0.5, 0.6) is 0 Å². The third-order valence-electron chi connectivity index (χ3n) is 5.45. The molecule has 2 fully saturated rings. The Labute approximate surface area is 145 Å². The number of aryl methyl sites for hydroxylation is 1. The van der Waals surface area contributed by atoms with Crippen LogP contribution >= 0.6 is 11.6 Å². The molecule has 3 aromatic rings. The van der Waals surface area contributed by atoms with Crippen LogP contribution in [0.15, 0.2) is 36.5 Å². The van der Waals surface area contributed by atoms with E-state index in [1.807, 2.05) is 25.2 Å². The number of anilines is 1. The number of imidazole rings is 1. The minimum Gasteiger partial charge on any atom is -0.356 e. The molecule has 2 N–H and O–H groups in total. The number of nitrogens with two attached hydrogens (primary N) is 1. The van der Waals surface area contributed by atoms with Crippen molar-refractivity contribution in [3.05, 3.63) is 41.6 Å². The topological polar surface area (TPSA) is 60.0 Å². The van der Waals surface area contributed by atoms with E-state index < -0.39 is 0 Å². The van der Waals surface area contributed by atoms with Gasteiger partial charge in [-0.05, 0) is 30.0 Å². The first-order chi connectivity index (χ1) is 11.6. The number of hydrogen-bond donors (Lipinski definition) is 1. The van der Waals surface area contributed by atoms with Crippen molar-refractivity contribution in [1.29, 1.82) is 0 Å². The molecule has 24 heavy (non-hydrogen) atoms. The summed E-state index contributed by atoms with van der Waals surface area (Å²) in [5.41, 5.74) is 9.02. The molecule has 6 heteroatoms. The van der Waals surface area contributed by atoms with Crippen molar-refractivity contribution in [3.63, 3.8) is 0 Å². The molecule has 3 heterocycles. The van der Waals surface area contributed by atoms with E-state index >= 15 is 0 Å². The lowest BCUT2D eigenvalue weighted by Crippen LogP contribution is -2.28. The van der Waals surface area contributed by atoms with Crippen LogP contribution in [0.4, 0.5) is 5.82 Å². The van der Waals surface area contributed by atoms with E-state index in [9.17, 15) is 0 Å². The summed E-state index contributed by atoms with van der Waals surface area (Å²) in [5.74, 6) is 3.08. The summed E-state index contributed by atoms with van der Waals surface area (Å²) < 4.78 is 2.08. The summed E-state index contributed by atoms with van der Waals surface area (Å²) in [6, 6.07) is 10.5. The smallest absolute Gasteiger partial charge is 0.142 e. The maximum Gasteiger partial charge on any atom is 0.142 e. The van der Waals surface area contributed by atoms with E-state index in [1.165, 1.54) is 0 Å². The lowest BCUT2D eigenvalue weighted by molar-refractivity contribution is 0.735. The third-order valence-corrected chi connectivity index (χ3v) is 5.75. The lowest BCUT2D eigenvalue weighted by atomic mass is 10.2. The molecule has 2 unspecified atom stereocenters. The lowest BCUT2D eigenvalue weighted by Gasteiger charge is -2.21. The van der Waals surface area contributed by atoms with Gasteiger partial charge in [0.1, 0.15) is 11.6 Å². The molecule has 1 aliphatic heterocycles. The summed E-state index contributed by atoms with van der Waals surface area (Å²) >= 11 is 6.44. The van der Waals surface area contributed by atoms with Gasteiger partial charge >= 0.3 is 0 Å². The number of nitrogens with zero attached hydrogens (tertiary/aromatic N) is 4. The third kappa shape index (κ3) is 1.98. The molecular weight excluding hydrogens is 322 g/mol. The number of para-hydroxylation sites is 2. The molecular formula is C18H18ClN5. The van der Waals surface area contributed by atoms with Crippen LogP contribution in [0.25, 0.3) is 22.4 Å². The molecule has 1 saturated carbocycles. The number of fused-ring (bicyclic) bond motifs is 2. The minimum absolute atomic E-state index is 0.382. The predicted octanol–water partition coefficient (Wildman–Crippen LogP) is 2.68. The van der Waals surface area contributed by atoms with Gasteiger partial charge in [-0.25, -0.2) is 9.97 Å². The van der Waals surface area contributed by atoms with Gasteiger partial charge in [-0.15, -0.1) is 0 Å². The number of piperidine rings is 1. The molecule has 0 amide bonds. The maximum atomic E-state index is 6.44. The molecule has 0 radical (unpaired) electrons. The van der Waals surface area contributed by atoms with Crippen molar-refractivity contribution in [2.24, 2.45) is 24.6 Å². The first-order valence-electron chi connectivity index (χ1n) is 8.21. The van der Waals surface area contributed by atoms with Crippen molar-refractivity contribution >= 4 is 28.5 Å². The normalized spacial score (nSPS) is 25.3. The fraction of sp³-hybridized carbons (Fsp3) is 0.333. The Morgan fingerprint density at radius 1 is 1.21 bits per heavy atom. The number of pyridine rings is 1. The predicted molar refractivity (Wildman–Crippen MR) is 96.1 cm³/mol. The highest BCUT2D eigenvalue weighted by molar-refractivity contribution is 6.33. The van der Waals surface area contributed by atoms with Gasteiger partial charge in [-0.3, -0.25) is 0 Å². The van der Waals surface area contributed by atoms with Crippen LogP contribution in [-0.4, -0.2) is 33.7 Å². The molecule has 2 aromatic heterocycles. The van der Waals surface area contributed by atoms with Gasteiger partial charge in [0, 0.05) is 37.9 Å². The summed E-state index contributed by atoms with van der Waals surface area (Å²) in [7, 11) is 2.02. The quantitative estimate of drug-likeness (QED) is 0.779. The van der Waals surface area contributed by atoms with Crippen molar-refractivity contribution in [1.82, 2.24) is 14.5 Å². The Kier molecular flexibility index (Phi) is 2.94. The van der Waals surface area contributed by atoms with E-state index in [4.69, 9.17) is 22.3 Å². The minimum atomic E-state index is 0.382. The second kappa shape index (κ2) is 4.94. The van der Waals surface area contributed by atoms with Crippen LogP contribution in [0, 0.1) is 11.8 Å². The summed E-state index contributed by atoms with van der Waals surface area (Å²) in [6.07, 6.45) is 1.73. The van der Waals surface area contributed by atoms with E-state index in [2.05, 4.69) is 26.6 Å². The summed E-state index contributed by atoms with van der Waals surface area (Å²) in [4.78, 5) is 11.6. The van der Waals surface area contributed by atoms with Gasteiger partial charge in [0.15, 0.2) is 0 Å². The standard InChI is InChI=1S/C18H18ClN5/c1-23-15-5-3-2-4-14(15)22-18(23)10-6-16(21-7-13(10)19)24-8-11-12(9-24)17(11)20/h2-7,11-12,17H,8-9,20H2,1H3. The zero-order chi connectivity index (χ0) is 16.4. The number of benzene rings is 1. The van der Waals surface area contributed by atoms with Crippen molar-refractivity contribution < 1.29 is 0 Å². The Morgan fingerprint density at radius 2 is 1.96 bits per heavy atom. The zero-order valence-electron chi connectivity index (χ0n) is 13.4. The molecule has 122 valence electrons. The highest BCUT2D eigenvalue weighted by Crippen LogP contribution is 2.45. The molecule has 2 atom stereocenters. The van der Waals surface area contributed by atoms with E-state index in [0.29, 0.717) is 22.9 Å². The van der Waals surface area contributed by atoms with Crippen LogP contribution in [0.2, 0.25) is 5.02 Å². The van der Waals surface area contributed by atoms with Gasteiger partial charge in [0.05, 0.1) is 16.1 Å². The molecule has 2 aliphatic rings. The number of hydrogen-bond acceptors (Lipinski definition) is 4. The highest BCUT2D eigenvalue weighted by atomic mass is 35.5. The number of aromatic nitrogens is 3. The monoisotopic (exact) mass is 339 g/mol. The van der Waals surface area contributed by atoms with E-state index in [-0.39, 0.29) is 0 Å². The number of rotatable bonds is 2. The summed E-state index contributed by atoms with van der Waals surface area (Å²) in [6.45, 7) is 1.98. The number of halogens is 1. The Balaban J connectivity index is 1.57. The molecule has 1 aromatic carbocycles. The average molecular weight is 340 g/mol. The van der Waals surface area contributed by atoms with Gasteiger partial charge in [0.2, 0.25) is 0 Å². The first kappa shape index (κ1) is 14.3. The van der Waals surface area contributed by atoms with Crippen molar-refractivity contribution in [3.8, 4) is 11.4 Å². The second-order valence-electron chi connectivity index (χ2n) is 6.82. The van der Waals surface area contributed by atoms with Gasteiger partial charge in [-0.1, -0.05) is 23.7 Å². The van der Waals surface area contributed by atoms with Crippen LogP contribution in [-0.2, 0) is 7.05 Å². The summed E-state index contributed by atoms with van der Waals surface area (Å²) in [5, 5.41) is 0.623. The van der Waals surface area contributed by atoms with Gasteiger partial charge < -0.3 is 15.2 Å². The zero-order valence-corrected chi connectivity index (χ0v) is 14.1. The van der Waals surface area contributed by atoms with Crippen LogP contribution in [0.1, 0.15) is 0 Å². The molecule has 0 spiro atoms. The first-order valence-corrected chi connectivity index (χ1v) is 8.59. The van der Waals surface area contributed by atoms with Crippen LogP contribution in [0.3, 0.4) is 0 Å². The highest BCUT2D eigenvalue weighted by Gasteiger charge is 2.53. The fourth-order valence-corrected chi connectivity index (χ4v) is 4.11. The molecule has 1 aliphatic carbocycles.